The molecular weight excluding hydrogens is 174 g/mol. The molecule has 3 nitrogen and oxygen atoms in total. The van der Waals surface area contributed by atoms with Crippen LogP contribution in [0.15, 0.2) is 0 Å². The van der Waals surface area contributed by atoms with Gasteiger partial charge in [0.05, 0.1) is 5.56 Å². The molecule has 0 aliphatic heterocycles. The second-order valence-electron chi connectivity index (χ2n) is 2.40. The van der Waals surface area contributed by atoms with Crippen LogP contribution in [0.2, 0.25) is 0 Å². The first kappa shape index (κ1) is 8.75. The molecule has 4 heteroatoms. The molecule has 0 aromatic carbocycles. The molecule has 0 saturated heterocycles. The minimum Gasteiger partial charge on any atom is -0.478 e. The quantitative estimate of drug-likeness (QED) is 0.720. The van der Waals surface area contributed by atoms with Gasteiger partial charge in [-0.25, -0.2) is 4.79 Å². The Labute approximate surface area is 73.9 Å². The van der Waals surface area contributed by atoms with Crippen molar-refractivity contribution in [2.24, 2.45) is 0 Å². The zero-order valence-electron chi connectivity index (χ0n) is 6.71. The van der Waals surface area contributed by atoms with Gasteiger partial charge >= 0.3 is 5.97 Å². The molecule has 0 bridgehead atoms. The largest absolute Gasteiger partial charge is 0.478 e. The SMILES string of the molecule is Cc1sc(C#N)c(C)c1C(=O)O. The summed E-state index contributed by atoms with van der Waals surface area (Å²) in [5, 5.41) is 17.4. The Hall–Kier alpha value is -1.34. The van der Waals surface area contributed by atoms with Crippen LogP contribution < -0.4 is 0 Å². The monoisotopic (exact) mass is 181 g/mol. The Morgan fingerprint density at radius 2 is 2.17 bits per heavy atom. The van der Waals surface area contributed by atoms with Crippen molar-refractivity contribution in [1.29, 1.82) is 5.26 Å². The Morgan fingerprint density at radius 1 is 1.58 bits per heavy atom. The Kier molecular flexibility index (Phi) is 2.15. The second kappa shape index (κ2) is 2.95. The molecule has 1 N–H and O–H groups in total. The van der Waals surface area contributed by atoms with Crippen LogP contribution in [-0.2, 0) is 0 Å². The average molecular weight is 181 g/mol. The van der Waals surface area contributed by atoms with E-state index in [1.54, 1.807) is 13.8 Å². The van der Waals surface area contributed by atoms with Gasteiger partial charge in [-0.05, 0) is 19.4 Å². The van der Waals surface area contributed by atoms with Crippen LogP contribution in [0.25, 0.3) is 0 Å². The van der Waals surface area contributed by atoms with E-state index in [-0.39, 0.29) is 5.56 Å². The molecule has 0 aliphatic carbocycles. The number of rotatable bonds is 1. The molecule has 1 aromatic rings. The standard InChI is InChI=1S/C8H7NO2S/c1-4-6(3-9)12-5(2)7(4)8(10)11/h1-2H3,(H,10,11). The zero-order valence-corrected chi connectivity index (χ0v) is 7.53. The van der Waals surface area contributed by atoms with Gasteiger partial charge in [0.2, 0.25) is 0 Å². The van der Waals surface area contributed by atoms with Crippen LogP contribution in [0.5, 0.6) is 0 Å². The maximum Gasteiger partial charge on any atom is 0.337 e. The van der Waals surface area contributed by atoms with Crippen LogP contribution in [-0.4, -0.2) is 11.1 Å². The number of hydrogen-bond donors (Lipinski definition) is 1. The van der Waals surface area contributed by atoms with E-state index < -0.39 is 5.97 Å². The van der Waals surface area contributed by atoms with Crippen molar-refractivity contribution in [3.63, 3.8) is 0 Å². The Balaban J connectivity index is 3.40. The molecule has 1 rings (SSSR count). The van der Waals surface area contributed by atoms with Gasteiger partial charge < -0.3 is 5.11 Å². The summed E-state index contributed by atoms with van der Waals surface area (Å²) in [5.74, 6) is -0.956. The number of carbonyl (C=O) groups is 1. The van der Waals surface area contributed by atoms with Gasteiger partial charge in [0.25, 0.3) is 0 Å². The normalized spacial score (nSPS) is 9.42. The summed E-state index contributed by atoms with van der Waals surface area (Å²) in [4.78, 5) is 11.9. The van der Waals surface area contributed by atoms with Crippen molar-refractivity contribution in [1.82, 2.24) is 0 Å². The van der Waals surface area contributed by atoms with Crippen molar-refractivity contribution in [2.45, 2.75) is 13.8 Å². The molecule has 1 aromatic heterocycles. The maximum absolute atomic E-state index is 10.7. The third kappa shape index (κ3) is 1.19. The molecule has 12 heavy (non-hydrogen) atoms. The van der Waals surface area contributed by atoms with Crippen LogP contribution in [0, 0.1) is 25.2 Å². The molecule has 0 aliphatic rings. The first-order chi connectivity index (χ1) is 5.57. The Bertz CT molecular complexity index is 373. The number of hydrogen-bond acceptors (Lipinski definition) is 3. The van der Waals surface area contributed by atoms with Crippen LogP contribution in [0.4, 0.5) is 0 Å². The molecule has 0 atom stereocenters. The van der Waals surface area contributed by atoms with Crippen LogP contribution in [0.1, 0.15) is 25.7 Å². The van der Waals surface area contributed by atoms with E-state index in [1.165, 1.54) is 11.3 Å². The number of aryl methyl sites for hydroxylation is 1. The van der Waals surface area contributed by atoms with Gasteiger partial charge in [-0.3, -0.25) is 0 Å². The third-order valence-corrected chi connectivity index (χ3v) is 2.75. The zero-order chi connectivity index (χ0) is 9.30. The highest BCUT2D eigenvalue weighted by Crippen LogP contribution is 2.26. The lowest BCUT2D eigenvalue weighted by molar-refractivity contribution is 0.0696. The predicted molar refractivity (Wildman–Crippen MR) is 45.5 cm³/mol. The van der Waals surface area contributed by atoms with Crippen molar-refractivity contribution < 1.29 is 9.90 Å². The van der Waals surface area contributed by atoms with Crippen LogP contribution >= 0.6 is 11.3 Å². The number of nitrogens with zero attached hydrogens (tertiary/aromatic N) is 1. The lowest BCUT2D eigenvalue weighted by atomic mass is 10.1. The van der Waals surface area contributed by atoms with Gasteiger partial charge in [0.1, 0.15) is 10.9 Å². The molecule has 1 heterocycles. The predicted octanol–water partition coefficient (Wildman–Crippen LogP) is 1.93. The summed E-state index contributed by atoms with van der Waals surface area (Å²) >= 11 is 1.23. The number of thiophene rings is 1. The van der Waals surface area contributed by atoms with Gasteiger partial charge in [0.15, 0.2) is 0 Å². The summed E-state index contributed by atoms with van der Waals surface area (Å²) in [7, 11) is 0. The Morgan fingerprint density at radius 3 is 2.42 bits per heavy atom. The molecule has 0 amide bonds. The van der Waals surface area contributed by atoms with Crippen molar-refractivity contribution >= 4 is 17.3 Å². The van der Waals surface area contributed by atoms with Gasteiger partial charge in [-0.15, -0.1) is 11.3 Å². The van der Waals surface area contributed by atoms with Crippen molar-refractivity contribution in [3.8, 4) is 6.07 Å². The van der Waals surface area contributed by atoms with Gasteiger partial charge in [0, 0.05) is 4.88 Å². The smallest absolute Gasteiger partial charge is 0.337 e. The number of carboxylic acid groups (broad SMARTS) is 1. The summed E-state index contributed by atoms with van der Waals surface area (Å²) < 4.78 is 0. The fourth-order valence-corrected chi connectivity index (χ4v) is 2.03. The number of carboxylic acids is 1. The summed E-state index contributed by atoms with van der Waals surface area (Å²) in [6, 6.07) is 1.97. The molecule has 0 radical (unpaired) electrons. The summed E-state index contributed by atoms with van der Waals surface area (Å²) in [6.45, 7) is 3.37. The van der Waals surface area contributed by atoms with E-state index in [2.05, 4.69) is 0 Å². The molecule has 0 unspecified atom stereocenters. The van der Waals surface area contributed by atoms with E-state index in [4.69, 9.17) is 10.4 Å². The highest BCUT2D eigenvalue weighted by molar-refractivity contribution is 7.13. The molecular formula is C8H7NO2S. The topological polar surface area (TPSA) is 61.1 Å². The van der Waals surface area contributed by atoms with Gasteiger partial charge in [-0.2, -0.15) is 5.26 Å². The van der Waals surface area contributed by atoms with E-state index in [0.717, 1.165) is 0 Å². The molecule has 0 spiro atoms. The second-order valence-corrected chi connectivity index (χ2v) is 3.63. The maximum atomic E-state index is 10.7. The molecule has 62 valence electrons. The lowest BCUT2D eigenvalue weighted by Crippen LogP contribution is -1.98. The fourth-order valence-electron chi connectivity index (χ4n) is 1.08. The molecule has 0 saturated carbocycles. The fraction of sp³-hybridized carbons (Fsp3) is 0.250. The highest BCUT2D eigenvalue weighted by Gasteiger charge is 2.16. The average Bonchev–Trinajstić information content (AvgIpc) is 2.25. The molecule has 0 fully saturated rings. The van der Waals surface area contributed by atoms with E-state index in [1.807, 2.05) is 6.07 Å². The minimum absolute atomic E-state index is 0.275. The minimum atomic E-state index is -0.956. The van der Waals surface area contributed by atoms with E-state index in [0.29, 0.717) is 15.3 Å². The first-order valence-electron chi connectivity index (χ1n) is 3.31. The van der Waals surface area contributed by atoms with Crippen LogP contribution in [0.3, 0.4) is 0 Å². The van der Waals surface area contributed by atoms with Crippen molar-refractivity contribution in [3.05, 3.63) is 20.9 Å². The summed E-state index contributed by atoms with van der Waals surface area (Å²) in [6.07, 6.45) is 0. The third-order valence-electron chi connectivity index (χ3n) is 1.64. The van der Waals surface area contributed by atoms with E-state index >= 15 is 0 Å². The highest BCUT2D eigenvalue weighted by atomic mass is 32.1. The first-order valence-corrected chi connectivity index (χ1v) is 4.13. The van der Waals surface area contributed by atoms with E-state index in [9.17, 15) is 4.79 Å². The van der Waals surface area contributed by atoms with Gasteiger partial charge in [-0.1, -0.05) is 0 Å². The summed E-state index contributed by atoms with van der Waals surface area (Å²) in [5.41, 5.74) is 0.851. The van der Waals surface area contributed by atoms with Crippen molar-refractivity contribution in [2.75, 3.05) is 0 Å². The lowest BCUT2D eigenvalue weighted by Gasteiger charge is -1.92. The number of nitriles is 1. The number of aromatic carboxylic acids is 1.